The molecular weight excluding hydrogens is 373 g/mol. The summed E-state index contributed by atoms with van der Waals surface area (Å²) in [6.07, 6.45) is 3.34. The average Bonchev–Trinajstić information content (AvgIpc) is 3.24. The first kappa shape index (κ1) is 17.5. The van der Waals surface area contributed by atoms with Crippen molar-refractivity contribution in [3.8, 4) is 11.4 Å². The molecule has 0 bridgehead atoms. The highest BCUT2D eigenvalue weighted by atomic mass is 35.5. The number of sulfonamides is 1. The molecule has 0 aliphatic heterocycles. The zero-order valence-electron chi connectivity index (χ0n) is 13.0. The van der Waals surface area contributed by atoms with Crippen LogP contribution < -0.4 is 4.72 Å². The highest BCUT2D eigenvalue weighted by Gasteiger charge is 2.18. The second kappa shape index (κ2) is 6.90. The monoisotopic (exact) mass is 385 g/mol. The van der Waals surface area contributed by atoms with E-state index in [1.54, 1.807) is 17.1 Å². The summed E-state index contributed by atoms with van der Waals surface area (Å²) >= 11 is 5.61. The van der Waals surface area contributed by atoms with Crippen LogP contribution in [0.15, 0.2) is 40.0 Å². The molecule has 3 rings (SSSR count). The topological polar surface area (TPSA) is 103 Å². The fourth-order valence-electron chi connectivity index (χ4n) is 1.98. The average molecular weight is 386 g/mol. The Morgan fingerprint density at radius 1 is 1.40 bits per heavy atom. The Kier molecular flexibility index (Phi) is 4.84. The van der Waals surface area contributed by atoms with Gasteiger partial charge in [-0.25, -0.2) is 17.5 Å². The predicted octanol–water partition coefficient (Wildman–Crippen LogP) is 2.22. The third kappa shape index (κ3) is 3.86. The Balaban J connectivity index is 1.71. The third-order valence-electron chi connectivity index (χ3n) is 3.30. The highest BCUT2D eigenvalue weighted by molar-refractivity contribution is 7.89. The minimum absolute atomic E-state index is 0.0797. The van der Waals surface area contributed by atoms with Gasteiger partial charge in [-0.05, 0) is 25.1 Å². The van der Waals surface area contributed by atoms with E-state index in [0.29, 0.717) is 17.9 Å². The van der Waals surface area contributed by atoms with E-state index >= 15 is 0 Å². The van der Waals surface area contributed by atoms with Crippen LogP contribution in [0.3, 0.4) is 0 Å². The van der Waals surface area contributed by atoms with E-state index in [1.807, 2.05) is 6.92 Å². The number of aromatic nitrogens is 4. The van der Waals surface area contributed by atoms with E-state index in [-0.39, 0.29) is 22.4 Å². The van der Waals surface area contributed by atoms with Gasteiger partial charge in [-0.15, -0.1) is 0 Å². The zero-order valence-corrected chi connectivity index (χ0v) is 14.6. The van der Waals surface area contributed by atoms with Gasteiger partial charge in [0.1, 0.15) is 5.82 Å². The van der Waals surface area contributed by atoms with Gasteiger partial charge in [0, 0.05) is 12.7 Å². The van der Waals surface area contributed by atoms with Crippen LogP contribution in [-0.4, -0.2) is 28.3 Å². The lowest BCUT2D eigenvalue weighted by Crippen LogP contribution is -2.23. The molecule has 1 N–H and O–H groups in total. The molecule has 0 radical (unpaired) electrons. The number of halogens is 2. The van der Waals surface area contributed by atoms with Gasteiger partial charge >= 0.3 is 0 Å². The molecule has 0 spiro atoms. The van der Waals surface area contributed by atoms with Crippen molar-refractivity contribution in [1.29, 1.82) is 0 Å². The first-order valence-electron chi connectivity index (χ1n) is 7.19. The number of rotatable bonds is 6. The lowest BCUT2D eigenvalue weighted by atomic mass is 10.3. The number of hydrogen-bond donors (Lipinski definition) is 1. The lowest BCUT2D eigenvalue weighted by Gasteiger charge is -2.05. The molecule has 0 saturated carbocycles. The number of hydrogen-bond acceptors (Lipinski definition) is 6. The third-order valence-corrected chi connectivity index (χ3v) is 4.99. The van der Waals surface area contributed by atoms with Crippen molar-refractivity contribution in [3.05, 3.63) is 47.3 Å². The Morgan fingerprint density at radius 2 is 2.20 bits per heavy atom. The number of aryl methyl sites for hydroxylation is 1. The SMILES string of the molecule is CCn1cc(-c2noc(CNS(=O)(=O)c3ccc(F)c(Cl)c3)n2)cn1. The van der Waals surface area contributed by atoms with Gasteiger partial charge in [0.2, 0.25) is 21.7 Å². The van der Waals surface area contributed by atoms with Crippen LogP contribution in [-0.2, 0) is 23.1 Å². The summed E-state index contributed by atoms with van der Waals surface area (Å²) in [4.78, 5) is 3.95. The molecule has 3 aromatic rings. The number of benzene rings is 1. The summed E-state index contributed by atoms with van der Waals surface area (Å²) in [6.45, 7) is 2.42. The van der Waals surface area contributed by atoms with E-state index in [0.717, 1.165) is 18.2 Å². The van der Waals surface area contributed by atoms with Crippen molar-refractivity contribution in [1.82, 2.24) is 24.6 Å². The van der Waals surface area contributed by atoms with Crippen molar-refractivity contribution in [3.63, 3.8) is 0 Å². The summed E-state index contributed by atoms with van der Waals surface area (Å²) < 4.78 is 46.5. The molecule has 0 atom stereocenters. The van der Waals surface area contributed by atoms with Crippen molar-refractivity contribution >= 4 is 21.6 Å². The molecule has 0 saturated heterocycles. The number of nitrogens with one attached hydrogen (secondary N) is 1. The Bertz CT molecular complexity index is 1000. The summed E-state index contributed by atoms with van der Waals surface area (Å²) in [5.74, 6) is -0.315. The minimum Gasteiger partial charge on any atom is -0.338 e. The summed E-state index contributed by atoms with van der Waals surface area (Å²) in [6, 6.07) is 3.12. The molecule has 2 aromatic heterocycles. The second-order valence-corrected chi connectivity index (χ2v) is 7.17. The Morgan fingerprint density at radius 3 is 2.88 bits per heavy atom. The van der Waals surface area contributed by atoms with Gasteiger partial charge in [0.05, 0.1) is 28.2 Å². The van der Waals surface area contributed by atoms with Crippen molar-refractivity contribution in [2.24, 2.45) is 0 Å². The molecule has 1 aromatic carbocycles. The fraction of sp³-hybridized carbons (Fsp3) is 0.214. The van der Waals surface area contributed by atoms with E-state index in [9.17, 15) is 12.8 Å². The smallest absolute Gasteiger partial charge is 0.242 e. The first-order chi connectivity index (χ1) is 11.9. The molecule has 11 heteroatoms. The second-order valence-electron chi connectivity index (χ2n) is 5.00. The molecule has 0 amide bonds. The molecule has 0 aliphatic rings. The van der Waals surface area contributed by atoms with E-state index in [2.05, 4.69) is 20.0 Å². The number of nitrogens with zero attached hydrogens (tertiary/aromatic N) is 4. The Hall–Kier alpha value is -2.30. The Labute approximate surface area is 147 Å². The molecule has 132 valence electrons. The van der Waals surface area contributed by atoms with Crippen LogP contribution in [0.4, 0.5) is 4.39 Å². The maximum absolute atomic E-state index is 13.1. The van der Waals surface area contributed by atoms with Crippen molar-refractivity contribution < 1.29 is 17.3 Å². The lowest BCUT2D eigenvalue weighted by molar-refractivity contribution is 0.376. The van der Waals surface area contributed by atoms with Gasteiger partial charge in [-0.3, -0.25) is 4.68 Å². The van der Waals surface area contributed by atoms with Gasteiger partial charge < -0.3 is 4.52 Å². The highest BCUT2D eigenvalue weighted by Crippen LogP contribution is 2.20. The molecule has 0 aliphatic carbocycles. The van der Waals surface area contributed by atoms with Gasteiger partial charge in [0.15, 0.2) is 0 Å². The van der Waals surface area contributed by atoms with E-state index < -0.39 is 15.8 Å². The van der Waals surface area contributed by atoms with Gasteiger partial charge in [0.25, 0.3) is 0 Å². The molecule has 25 heavy (non-hydrogen) atoms. The zero-order chi connectivity index (χ0) is 18.0. The van der Waals surface area contributed by atoms with Crippen LogP contribution in [0, 0.1) is 5.82 Å². The van der Waals surface area contributed by atoms with Crippen LogP contribution in [0.1, 0.15) is 12.8 Å². The molecule has 8 nitrogen and oxygen atoms in total. The van der Waals surface area contributed by atoms with Crippen LogP contribution >= 0.6 is 11.6 Å². The largest absolute Gasteiger partial charge is 0.338 e. The van der Waals surface area contributed by atoms with E-state index in [1.165, 1.54) is 0 Å². The van der Waals surface area contributed by atoms with Crippen LogP contribution in [0.25, 0.3) is 11.4 Å². The van der Waals surface area contributed by atoms with Crippen LogP contribution in [0.2, 0.25) is 5.02 Å². The van der Waals surface area contributed by atoms with Gasteiger partial charge in [-0.2, -0.15) is 10.1 Å². The summed E-state index contributed by atoms with van der Waals surface area (Å²) in [5.41, 5.74) is 0.657. The van der Waals surface area contributed by atoms with Crippen molar-refractivity contribution in [2.75, 3.05) is 0 Å². The minimum atomic E-state index is -3.90. The molecule has 0 unspecified atom stereocenters. The molecule has 0 fully saturated rings. The molecular formula is C14H13ClFN5O3S. The van der Waals surface area contributed by atoms with Crippen LogP contribution in [0.5, 0.6) is 0 Å². The summed E-state index contributed by atoms with van der Waals surface area (Å²) in [5, 5.41) is 7.61. The quantitative estimate of drug-likeness (QED) is 0.697. The predicted molar refractivity (Wildman–Crippen MR) is 86.6 cm³/mol. The van der Waals surface area contributed by atoms with Crippen molar-refractivity contribution in [2.45, 2.75) is 24.9 Å². The van der Waals surface area contributed by atoms with E-state index in [4.69, 9.17) is 16.1 Å². The first-order valence-corrected chi connectivity index (χ1v) is 9.05. The fourth-order valence-corrected chi connectivity index (χ4v) is 3.23. The maximum atomic E-state index is 13.1. The standard InChI is InChI=1S/C14H13ClFN5O3S/c1-2-21-8-9(6-17-21)14-19-13(24-20-14)7-18-25(22,23)10-3-4-12(16)11(15)5-10/h3-6,8,18H,2,7H2,1H3. The van der Waals surface area contributed by atoms with Gasteiger partial charge in [-0.1, -0.05) is 16.8 Å². The summed E-state index contributed by atoms with van der Waals surface area (Å²) in [7, 11) is -3.90. The molecule has 2 heterocycles. The normalized spacial score (nSPS) is 11.8. The maximum Gasteiger partial charge on any atom is 0.242 e.